The number of rotatable bonds is 6. The van der Waals surface area contributed by atoms with Crippen molar-refractivity contribution in [3.05, 3.63) is 59.9 Å². The fourth-order valence-electron chi connectivity index (χ4n) is 2.29. The number of primary amides is 1. The molecule has 0 saturated carbocycles. The van der Waals surface area contributed by atoms with E-state index < -0.39 is 5.91 Å². The maximum absolute atomic E-state index is 11.4. The maximum atomic E-state index is 11.4. The molecule has 0 unspecified atom stereocenters. The third-order valence-electron chi connectivity index (χ3n) is 3.37. The highest BCUT2D eigenvalue weighted by Gasteiger charge is 2.19. The molecule has 2 aromatic rings. The van der Waals surface area contributed by atoms with Crippen molar-refractivity contribution in [3.63, 3.8) is 0 Å². The minimum absolute atomic E-state index is 0.0551. The first-order valence-electron chi connectivity index (χ1n) is 6.99. The Balaban J connectivity index is 2.03. The zero-order valence-electron chi connectivity index (χ0n) is 12.5. The normalized spacial score (nSPS) is 11.1. The summed E-state index contributed by atoms with van der Waals surface area (Å²) < 4.78 is 0. The van der Waals surface area contributed by atoms with Gasteiger partial charge in [-0.15, -0.1) is 0 Å². The molecule has 0 fully saturated rings. The molecule has 1 heterocycles. The van der Waals surface area contributed by atoms with Crippen molar-refractivity contribution >= 4 is 11.6 Å². The Kier molecular flexibility index (Phi) is 4.58. The summed E-state index contributed by atoms with van der Waals surface area (Å²) in [5, 5.41) is 3.31. The third kappa shape index (κ3) is 4.31. The number of nitrogens with zero attached hydrogens (tertiary/aromatic N) is 1. The molecule has 0 aliphatic rings. The van der Waals surface area contributed by atoms with Gasteiger partial charge in [0.25, 0.3) is 5.91 Å². The molecule has 3 N–H and O–H groups in total. The van der Waals surface area contributed by atoms with Gasteiger partial charge in [0, 0.05) is 18.9 Å². The largest absolute Gasteiger partial charge is 0.384 e. The molecule has 0 aliphatic heterocycles. The number of pyridine rings is 1. The molecule has 1 aromatic carbocycles. The van der Waals surface area contributed by atoms with Crippen LogP contribution in [-0.4, -0.2) is 17.4 Å². The molecular formula is C17H21N3O. The molecule has 2 rings (SSSR count). The smallest absolute Gasteiger partial charge is 0.252 e. The summed E-state index contributed by atoms with van der Waals surface area (Å²) >= 11 is 0. The molecule has 0 saturated heterocycles. The first kappa shape index (κ1) is 15.0. The van der Waals surface area contributed by atoms with Gasteiger partial charge >= 0.3 is 0 Å². The fourth-order valence-corrected chi connectivity index (χ4v) is 2.29. The number of aromatic nitrogens is 1. The molecule has 4 heteroatoms. The first-order chi connectivity index (χ1) is 9.98. The molecule has 0 aliphatic carbocycles. The number of hydrogen-bond acceptors (Lipinski definition) is 3. The first-order valence-corrected chi connectivity index (χ1v) is 6.99. The predicted octanol–water partition coefficient (Wildman–Crippen LogP) is 2.86. The van der Waals surface area contributed by atoms with Crippen molar-refractivity contribution in [2.24, 2.45) is 11.1 Å². The molecule has 21 heavy (non-hydrogen) atoms. The van der Waals surface area contributed by atoms with Crippen LogP contribution in [-0.2, 0) is 6.42 Å². The quantitative estimate of drug-likeness (QED) is 0.856. The standard InChI is InChI=1S/C17H21N3O/c1-17(2,10-13-6-4-3-5-7-13)12-20-15-8-9-19-11-14(15)16(18)21/h3-9,11H,10,12H2,1-2H3,(H2,18,21)(H,19,20). The number of carbonyl (C=O) groups excluding carboxylic acids is 1. The highest BCUT2D eigenvalue weighted by atomic mass is 16.1. The van der Waals surface area contributed by atoms with Gasteiger partial charge in [-0.3, -0.25) is 9.78 Å². The lowest BCUT2D eigenvalue weighted by atomic mass is 9.85. The lowest BCUT2D eigenvalue weighted by Gasteiger charge is -2.26. The Morgan fingerprint density at radius 3 is 2.62 bits per heavy atom. The Hall–Kier alpha value is -2.36. The van der Waals surface area contributed by atoms with Gasteiger partial charge in [-0.1, -0.05) is 44.2 Å². The highest BCUT2D eigenvalue weighted by molar-refractivity contribution is 5.98. The van der Waals surface area contributed by atoms with Gasteiger partial charge in [0.2, 0.25) is 0 Å². The molecule has 0 atom stereocenters. The van der Waals surface area contributed by atoms with Gasteiger partial charge in [-0.2, -0.15) is 0 Å². The minimum atomic E-state index is -0.466. The topological polar surface area (TPSA) is 68.0 Å². The minimum Gasteiger partial charge on any atom is -0.384 e. The zero-order valence-corrected chi connectivity index (χ0v) is 12.5. The molecule has 0 radical (unpaired) electrons. The van der Waals surface area contributed by atoms with Crippen molar-refractivity contribution in [1.29, 1.82) is 0 Å². The van der Waals surface area contributed by atoms with Crippen molar-refractivity contribution in [2.45, 2.75) is 20.3 Å². The van der Waals surface area contributed by atoms with E-state index in [4.69, 9.17) is 5.73 Å². The van der Waals surface area contributed by atoms with Gasteiger partial charge in [0.15, 0.2) is 0 Å². The van der Waals surface area contributed by atoms with Gasteiger partial charge in [-0.05, 0) is 23.5 Å². The van der Waals surface area contributed by atoms with Crippen molar-refractivity contribution in [2.75, 3.05) is 11.9 Å². The van der Waals surface area contributed by atoms with Crippen LogP contribution in [0.25, 0.3) is 0 Å². The van der Waals surface area contributed by atoms with Crippen LogP contribution >= 0.6 is 0 Å². The monoisotopic (exact) mass is 283 g/mol. The van der Waals surface area contributed by atoms with Crippen molar-refractivity contribution in [3.8, 4) is 0 Å². The molecule has 110 valence electrons. The summed E-state index contributed by atoms with van der Waals surface area (Å²) in [6.07, 6.45) is 4.10. The average molecular weight is 283 g/mol. The van der Waals surface area contributed by atoms with E-state index >= 15 is 0 Å². The Bertz CT molecular complexity index is 608. The number of anilines is 1. The van der Waals surface area contributed by atoms with E-state index in [1.54, 1.807) is 12.3 Å². The summed E-state index contributed by atoms with van der Waals surface area (Å²) in [6, 6.07) is 12.1. The second-order valence-corrected chi connectivity index (χ2v) is 5.97. The lowest BCUT2D eigenvalue weighted by Crippen LogP contribution is -2.26. The maximum Gasteiger partial charge on any atom is 0.252 e. The van der Waals surface area contributed by atoms with Crippen LogP contribution in [0.5, 0.6) is 0 Å². The van der Waals surface area contributed by atoms with E-state index in [1.807, 2.05) is 18.2 Å². The summed E-state index contributed by atoms with van der Waals surface area (Å²) in [6.45, 7) is 5.13. The van der Waals surface area contributed by atoms with E-state index in [-0.39, 0.29) is 5.41 Å². The molecule has 0 spiro atoms. The van der Waals surface area contributed by atoms with E-state index in [9.17, 15) is 4.79 Å². The Labute approximate surface area is 125 Å². The van der Waals surface area contributed by atoms with Crippen LogP contribution in [0, 0.1) is 5.41 Å². The van der Waals surface area contributed by atoms with Crippen LogP contribution in [0.3, 0.4) is 0 Å². The van der Waals surface area contributed by atoms with Gasteiger partial charge < -0.3 is 11.1 Å². The van der Waals surface area contributed by atoms with Gasteiger partial charge in [0.05, 0.1) is 11.3 Å². The van der Waals surface area contributed by atoms with Crippen LogP contribution < -0.4 is 11.1 Å². The summed E-state index contributed by atoms with van der Waals surface area (Å²) in [5.74, 6) is -0.466. The molecule has 4 nitrogen and oxygen atoms in total. The number of amides is 1. The summed E-state index contributed by atoms with van der Waals surface area (Å²) in [5.41, 5.74) is 7.87. The van der Waals surface area contributed by atoms with Crippen LogP contribution in [0.1, 0.15) is 29.8 Å². The third-order valence-corrected chi connectivity index (χ3v) is 3.37. The average Bonchev–Trinajstić information content (AvgIpc) is 2.46. The zero-order chi connectivity index (χ0) is 15.3. The Morgan fingerprint density at radius 1 is 1.24 bits per heavy atom. The van der Waals surface area contributed by atoms with E-state index in [1.165, 1.54) is 11.8 Å². The van der Waals surface area contributed by atoms with Crippen LogP contribution in [0.4, 0.5) is 5.69 Å². The van der Waals surface area contributed by atoms with Gasteiger partial charge in [-0.25, -0.2) is 0 Å². The number of hydrogen-bond donors (Lipinski definition) is 2. The van der Waals surface area contributed by atoms with Crippen LogP contribution in [0.2, 0.25) is 0 Å². The van der Waals surface area contributed by atoms with E-state index in [0.717, 1.165) is 18.7 Å². The fraction of sp³-hybridized carbons (Fsp3) is 0.294. The van der Waals surface area contributed by atoms with Crippen molar-refractivity contribution < 1.29 is 4.79 Å². The van der Waals surface area contributed by atoms with E-state index in [2.05, 4.69) is 36.3 Å². The second kappa shape index (κ2) is 6.39. The molecule has 1 aromatic heterocycles. The lowest BCUT2D eigenvalue weighted by molar-refractivity contribution is 0.100. The van der Waals surface area contributed by atoms with E-state index in [0.29, 0.717) is 5.56 Å². The summed E-state index contributed by atoms with van der Waals surface area (Å²) in [4.78, 5) is 15.3. The highest BCUT2D eigenvalue weighted by Crippen LogP contribution is 2.23. The second-order valence-electron chi connectivity index (χ2n) is 5.97. The van der Waals surface area contributed by atoms with Crippen LogP contribution in [0.15, 0.2) is 48.8 Å². The SMILES string of the molecule is CC(C)(CNc1ccncc1C(N)=O)Cc1ccccc1. The van der Waals surface area contributed by atoms with Gasteiger partial charge in [0.1, 0.15) is 0 Å². The molecule has 0 bridgehead atoms. The summed E-state index contributed by atoms with van der Waals surface area (Å²) in [7, 11) is 0. The molecule has 1 amide bonds. The van der Waals surface area contributed by atoms with Crippen molar-refractivity contribution in [1.82, 2.24) is 4.98 Å². The number of nitrogens with one attached hydrogen (secondary N) is 1. The number of benzene rings is 1. The number of carbonyl (C=O) groups is 1. The predicted molar refractivity (Wildman–Crippen MR) is 85.2 cm³/mol. The molecular weight excluding hydrogens is 262 g/mol. The Morgan fingerprint density at radius 2 is 1.95 bits per heavy atom. The number of nitrogens with two attached hydrogens (primary N) is 1.